The highest BCUT2D eigenvalue weighted by Gasteiger charge is 2.22. The first kappa shape index (κ1) is 8.15. The highest BCUT2D eigenvalue weighted by molar-refractivity contribution is 5.81. The van der Waals surface area contributed by atoms with E-state index in [0.717, 1.165) is 24.6 Å². The van der Waals surface area contributed by atoms with E-state index in [-0.39, 0.29) is 0 Å². The van der Waals surface area contributed by atoms with Crippen molar-refractivity contribution in [1.29, 1.82) is 0 Å². The van der Waals surface area contributed by atoms with Crippen molar-refractivity contribution >= 4 is 5.84 Å². The molecule has 0 aliphatic carbocycles. The van der Waals surface area contributed by atoms with Gasteiger partial charge >= 0.3 is 0 Å². The Kier molecular flexibility index (Phi) is 1.96. The molecule has 0 radical (unpaired) electrons. The number of aromatic amines is 1. The van der Waals surface area contributed by atoms with Crippen LogP contribution in [0.5, 0.6) is 0 Å². The Labute approximate surface area is 76.0 Å². The maximum atomic E-state index is 4.34. The third-order valence-corrected chi connectivity index (χ3v) is 2.40. The molecule has 2 rings (SSSR count). The summed E-state index contributed by atoms with van der Waals surface area (Å²) >= 11 is 0. The summed E-state index contributed by atoms with van der Waals surface area (Å²) in [5.41, 5.74) is 0. The quantitative estimate of drug-likeness (QED) is 0.664. The number of aromatic nitrogens is 4. The molecule has 6 heteroatoms. The van der Waals surface area contributed by atoms with E-state index in [4.69, 9.17) is 0 Å². The average Bonchev–Trinajstić information content (AvgIpc) is 2.71. The highest BCUT2D eigenvalue weighted by Crippen LogP contribution is 2.10. The van der Waals surface area contributed by atoms with Gasteiger partial charge in [-0.3, -0.25) is 4.99 Å². The fourth-order valence-electron chi connectivity index (χ4n) is 1.42. The van der Waals surface area contributed by atoms with Crippen LogP contribution in [0, 0.1) is 0 Å². The van der Waals surface area contributed by atoms with Crippen LogP contribution >= 0.6 is 0 Å². The van der Waals surface area contributed by atoms with Crippen molar-refractivity contribution in [2.75, 3.05) is 13.6 Å². The van der Waals surface area contributed by atoms with Gasteiger partial charge in [0.2, 0.25) is 0 Å². The molecule has 0 bridgehead atoms. The lowest BCUT2D eigenvalue weighted by atomic mass is 10.2. The van der Waals surface area contributed by atoms with Crippen LogP contribution in [0.4, 0.5) is 0 Å². The molecule has 0 amide bonds. The van der Waals surface area contributed by atoms with Gasteiger partial charge in [0, 0.05) is 13.5 Å². The Morgan fingerprint density at radius 3 is 3.00 bits per heavy atom. The van der Waals surface area contributed by atoms with Crippen LogP contribution in [0.1, 0.15) is 12.7 Å². The van der Waals surface area contributed by atoms with Crippen LogP contribution in [0.3, 0.4) is 0 Å². The Morgan fingerprint density at radius 2 is 2.46 bits per heavy atom. The van der Waals surface area contributed by atoms with Gasteiger partial charge in [-0.1, -0.05) is 5.21 Å². The molecule has 0 aromatic carbocycles. The number of likely N-dealkylation sites (N-methyl/N-ethyl adjacent to an activating group) is 1. The van der Waals surface area contributed by atoms with Gasteiger partial charge in [0.15, 0.2) is 5.82 Å². The van der Waals surface area contributed by atoms with Gasteiger partial charge in [0.1, 0.15) is 0 Å². The van der Waals surface area contributed by atoms with Gasteiger partial charge in [0.05, 0.1) is 18.4 Å². The fraction of sp³-hybridized carbons (Fsp3) is 0.714. The lowest BCUT2D eigenvalue weighted by Crippen LogP contribution is -2.33. The molecule has 13 heavy (non-hydrogen) atoms. The molecule has 6 nitrogen and oxygen atoms in total. The van der Waals surface area contributed by atoms with E-state index in [1.165, 1.54) is 0 Å². The van der Waals surface area contributed by atoms with Gasteiger partial charge in [0.25, 0.3) is 0 Å². The summed E-state index contributed by atoms with van der Waals surface area (Å²) in [5, 5.41) is 13.8. The standard InChI is InChI=1S/C7H12N6/c1-5-8-4-6(13(5)2)3-7-9-11-12-10-7/h6H,3-4H2,1-2H3,(H,9,10,11,12). The Bertz CT molecular complexity index is 303. The number of H-pyrrole nitrogens is 1. The molecule has 1 N–H and O–H groups in total. The summed E-state index contributed by atoms with van der Waals surface area (Å²) in [6, 6.07) is 0.387. The van der Waals surface area contributed by atoms with Crippen molar-refractivity contribution in [2.45, 2.75) is 19.4 Å². The predicted octanol–water partition coefficient (Wildman–Crippen LogP) is -0.525. The highest BCUT2D eigenvalue weighted by atomic mass is 15.5. The lowest BCUT2D eigenvalue weighted by molar-refractivity contribution is 0.394. The van der Waals surface area contributed by atoms with E-state index in [9.17, 15) is 0 Å². The van der Waals surface area contributed by atoms with Crippen LogP contribution in [0.15, 0.2) is 4.99 Å². The molecule has 1 aromatic rings. The summed E-state index contributed by atoms with van der Waals surface area (Å²) in [5.74, 6) is 1.83. The largest absolute Gasteiger partial charge is 0.358 e. The summed E-state index contributed by atoms with van der Waals surface area (Å²) in [7, 11) is 2.04. The summed E-state index contributed by atoms with van der Waals surface area (Å²) in [4.78, 5) is 6.48. The number of tetrazole rings is 1. The second-order valence-corrected chi connectivity index (χ2v) is 3.18. The zero-order valence-electron chi connectivity index (χ0n) is 7.73. The number of hydrogen-bond donors (Lipinski definition) is 1. The van der Waals surface area contributed by atoms with E-state index in [2.05, 4.69) is 30.5 Å². The van der Waals surface area contributed by atoms with Crippen molar-refractivity contribution in [1.82, 2.24) is 25.5 Å². The third-order valence-electron chi connectivity index (χ3n) is 2.40. The van der Waals surface area contributed by atoms with Crippen LogP contribution in [0.25, 0.3) is 0 Å². The molecule has 1 unspecified atom stereocenters. The monoisotopic (exact) mass is 180 g/mol. The predicted molar refractivity (Wildman–Crippen MR) is 47.4 cm³/mol. The minimum Gasteiger partial charge on any atom is -0.358 e. The average molecular weight is 180 g/mol. The molecular weight excluding hydrogens is 168 g/mol. The Balaban J connectivity index is 1.98. The third kappa shape index (κ3) is 1.51. The van der Waals surface area contributed by atoms with E-state index >= 15 is 0 Å². The van der Waals surface area contributed by atoms with Crippen molar-refractivity contribution in [3.63, 3.8) is 0 Å². The molecule has 0 fully saturated rings. The fourth-order valence-corrected chi connectivity index (χ4v) is 1.42. The van der Waals surface area contributed by atoms with E-state index < -0.39 is 0 Å². The first-order valence-corrected chi connectivity index (χ1v) is 4.23. The molecule has 0 spiro atoms. The smallest absolute Gasteiger partial charge is 0.176 e. The first-order valence-electron chi connectivity index (χ1n) is 4.23. The van der Waals surface area contributed by atoms with Gasteiger partial charge < -0.3 is 4.90 Å². The number of aliphatic imine (C=N–C) groups is 1. The molecule has 0 saturated carbocycles. The normalized spacial score (nSPS) is 22.2. The van der Waals surface area contributed by atoms with Crippen LogP contribution in [-0.4, -0.2) is 51.0 Å². The molecule has 0 saturated heterocycles. The maximum Gasteiger partial charge on any atom is 0.176 e. The number of nitrogens with zero attached hydrogens (tertiary/aromatic N) is 5. The van der Waals surface area contributed by atoms with Crippen molar-refractivity contribution in [3.05, 3.63) is 5.82 Å². The Hall–Kier alpha value is -1.46. The molecule has 1 aromatic heterocycles. The van der Waals surface area contributed by atoms with Gasteiger partial charge in [-0.15, -0.1) is 10.2 Å². The molecule has 70 valence electrons. The number of nitrogens with one attached hydrogen (secondary N) is 1. The van der Waals surface area contributed by atoms with Gasteiger partial charge in [-0.05, 0) is 6.92 Å². The van der Waals surface area contributed by atoms with E-state index in [1.54, 1.807) is 0 Å². The molecule has 1 aliphatic rings. The summed E-state index contributed by atoms with van der Waals surface area (Å²) in [6.45, 7) is 2.84. The van der Waals surface area contributed by atoms with Gasteiger partial charge in [-0.25, -0.2) is 0 Å². The SMILES string of the molecule is CC1=NCC(Cc2nn[nH]n2)N1C. The van der Waals surface area contributed by atoms with Crippen LogP contribution < -0.4 is 0 Å². The number of amidine groups is 1. The lowest BCUT2D eigenvalue weighted by Gasteiger charge is -2.19. The van der Waals surface area contributed by atoms with Crippen molar-refractivity contribution < 1.29 is 0 Å². The Morgan fingerprint density at radius 1 is 1.62 bits per heavy atom. The number of rotatable bonds is 2. The first-order chi connectivity index (χ1) is 6.27. The van der Waals surface area contributed by atoms with Crippen LogP contribution in [0.2, 0.25) is 0 Å². The second kappa shape index (κ2) is 3.12. The molecule has 1 atom stereocenters. The van der Waals surface area contributed by atoms with Crippen molar-refractivity contribution in [3.8, 4) is 0 Å². The maximum absolute atomic E-state index is 4.34. The second-order valence-electron chi connectivity index (χ2n) is 3.18. The van der Waals surface area contributed by atoms with Crippen molar-refractivity contribution in [2.24, 2.45) is 4.99 Å². The number of hydrogen-bond acceptors (Lipinski definition) is 5. The zero-order chi connectivity index (χ0) is 9.26. The van der Waals surface area contributed by atoms with Crippen LogP contribution in [-0.2, 0) is 6.42 Å². The molecule has 1 aliphatic heterocycles. The van der Waals surface area contributed by atoms with E-state index in [0.29, 0.717) is 6.04 Å². The minimum absolute atomic E-state index is 0.387. The zero-order valence-corrected chi connectivity index (χ0v) is 7.73. The topological polar surface area (TPSA) is 70.1 Å². The molecular formula is C7H12N6. The molecule has 2 heterocycles. The van der Waals surface area contributed by atoms with Gasteiger partial charge in [-0.2, -0.15) is 5.21 Å². The van der Waals surface area contributed by atoms with E-state index in [1.807, 2.05) is 14.0 Å². The summed E-state index contributed by atoms with van der Waals surface area (Å²) < 4.78 is 0. The minimum atomic E-state index is 0.387. The summed E-state index contributed by atoms with van der Waals surface area (Å²) in [6.07, 6.45) is 0.799.